The van der Waals surface area contributed by atoms with Gasteiger partial charge in [0.05, 0.1) is 4.90 Å². The van der Waals surface area contributed by atoms with Crippen LogP contribution in [-0.2, 0) is 14.8 Å². The first-order valence-electron chi connectivity index (χ1n) is 7.80. The molecule has 8 heteroatoms. The quantitative estimate of drug-likeness (QED) is 0.774. The van der Waals surface area contributed by atoms with Crippen LogP contribution >= 0.6 is 0 Å². The number of hydrogen-bond acceptors (Lipinski definition) is 4. The lowest BCUT2D eigenvalue weighted by atomic mass is 10.1. The van der Waals surface area contributed by atoms with Crippen molar-refractivity contribution in [3.8, 4) is 0 Å². The maximum atomic E-state index is 12.4. The van der Waals surface area contributed by atoms with E-state index in [9.17, 15) is 18.0 Å². The number of urea groups is 1. The molecule has 2 fully saturated rings. The second-order valence-electron chi connectivity index (χ2n) is 7.06. The first-order valence-corrected chi connectivity index (χ1v) is 9.28. The molecule has 3 amide bonds. The van der Waals surface area contributed by atoms with Crippen LogP contribution in [0.5, 0.6) is 0 Å². The molecule has 1 atom stereocenters. The average Bonchev–Trinajstić information content (AvgIpc) is 2.96. The number of carbonyl (C=O) groups is 2. The zero-order valence-electron chi connectivity index (χ0n) is 13.9. The molecule has 1 saturated carbocycles. The third-order valence-electron chi connectivity index (χ3n) is 4.87. The van der Waals surface area contributed by atoms with Gasteiger partial charge in [0.2, 0.25) is 10.0 Å². The minimum absolute atomic E-state index is 0.00753. The Morgan fingerprint density at radius 2 is 1.79 bits per heavy atom. The molecule has 1 heterocycles. The topological polar surface area (TPSA) is 95.6 Å². The number of nitrogens with zero attached hydrogens (tertiary/aromatic N) is 1. The summed E-state index contributed by atoms with van der Waals surface area (Å²) in [5.74, 6) is -0.271. The van der Waals surface area contributed by atoms with E-state index in [1.54, 1.807) is 12.1 Å². The van der Waals surface area contributed by atoms with Gasteiger partial charge in [-0.15, -0.1) is 0 Å². The summed E-state index contributed by atoms with van der Waals surface area (Å²) in [6.07, 6.45) is 0.607. The lowest BCUT2D eigenvalue weighted by Crippen LogP contribution is -2.40. The van der Waals surface area contributed by atoms with E-state index < -0.39 is 21.6 Å². The molecule has 1 spiro atoms. The Morgan fingerprint density at radius 1 is 1.21 bits per heavy atom. The Bertz CT molecular complexity index is 801. The first-order chi connectivity index (χ1) is 11.1. The van der Waals surface area contributed by atoms with Crippen LogP contribution in [0.15, 0.2) is 29.2 Å². The van der Waals surface area contributed by atoms with E-state index in [2.05, 4.69) is 10.0 Å². The summed E-state index contributed by atoms with van der Waals surface area (Å²) in [5, 5.41) is 2.74. The van der Waals surface area contributed by atoms with Crippen molar-refractivity contribution in [2.45, 2.75) is 37.6 Å². The van der Waals surface area contributed by atoms with Crippen LogP contribution in [0.2, 0.25) is 0 Å². The fourth-order valence-corrected chi connectivity index (χ4v) is 4.14. The molecule has 0 radical (unpaired) electrons. The van der Waals surface area contributed by atoms with Crippen molar-refractivity contribution in [3.05, 3.63) is 29.8 Å². The normalized spacial score (nSPS) is 25.2. The molecule has 130 valence electrons. The van der Waals surface area contributed by atoms with E-state index in [0.29, 0.717) is 6.42 Å². The van der Waals surface area contributed by atoms with Gasteiger partial charge in [0.25, 0.3) is 5.91 Å². The lowest BCUT2D eigenvalue weighted by molar-refractivity contribution is -0.129. The summed E-state index contributed by atoms with van der Waals surface area (Å²) < 4.78 is 26.8. The molecule has 7 nitrogen and oxygen atoms in total. The molecule has 1 aromatic carbocycles. The van der Waals surface area contributed by atoms with Gasteiger partial charge in [-0.05, 0) is 30.9 Å². The van der Waals surface area contributed by atoms with Crippen LogP contribution in [0.3, 0.4) is 0 Å². The minimum Gasteiger partial charge on any atom is -0.323 e. The fourth-order valence-electron chi connectivity index (χ4n) is 3.12. The molecule has 1 saturated heterocycles. The van der Waals surface area contributed by atoms with Crippen molar-refractivity contribution in [1.82, 2.24) is 14.9 Å². The van der Waals surface area contributed by atoms with Crippen molar-refractivity contribution in [2.24, 2.45) is 5.41 Å². The Morgan fingerprint density at radius 3 is 2.29 bits per heavy atom. The molecule has 0 aromatic heterocycles. The maximum absolute atomic E-state index is 12.4. The van der Waals surface area contributed by atoms with E-state index in [1.807, 2.05) is 20.8 Å². The summed E-state index contributed by atoms with van der Waals surface area (Å²) in [4.78, 5) is 25.7. The molecule has 1 aromatic rings. The highest BCUT2D eigenvalue weighted by Crippen LogP contribution is 2.58. The number of imide groups is 1. The van der Waals surface area contributed by atoms with Gasteiger partial charge < -0.3 is 5.32 Å². The molecular weight excluding hydrogens is 330 g/mol. The molecule has 1 aliphatic heterocycles. The number of hydrogen-bond donors (Lipinski definition) is 2. The van der Waals surface area contributed by atoms with Gasteiger partial charge in [0.1, 0.15) is 5.54 Å². The first kappa shape index (κ1) is 16.9. The molecule has 24 heavy (non-hydrogen) atoms. The smallest absolute Gasteiger partial charge is 0.323 e. The van der Waals surface area contributed by atoms with Crippen molar-refractivity contribution in [3.63, 3.8) is 0 Å². The van der Waals surface area contributed by atoms with Crippen LogP contribution in [0.4, 0.5) is 4.79 Å². The Labute approximate surface area is 141 Å². The Balaban J connectivity index is 1.62. The zero-order chi connectivity index (χ0) is 17.8. The number of sulfonamides is 1. The predicted octanol–water partition coefficient (Wildman–Crippen LogP) is 0.994. The second kappa shape index (κ2) is 5.29. The van der Waals surface area contributed by atoms with Gasteiger partial charge in [-0.2, -0.15) is 0 Å². The summed E-state index contributed by atoms with van der Waals surface area (Å²) in [6.45, 7) is 5.71. The molecular formula is C16H21N3O4S. The van der Waals surface area contributed by atoms with Gasteiger partial charge >= 0.3 is 6.03 Å². The molecule has 1 aliphatic carbocycles. The lowest BCUT2D eigenvalue weighted by Gasteiger charge is -2.14. The standard InChI is InChI=1S/C16H21N3O4S/c1-11-4-6-12(7-5-11)24(22,23)17-8-9-19-13(20)16(18-14(19)21)10-15(16,2)3/h4-7,17H,8-10H2,1-3H3,(H,18,21). The van der Waals surface area contributed by atoms with Crippen molar-refractivity contribution in [1.29, 1.82) is 0 Å². The molecule has 3 rings (SSSR count). The second-order valence-corrected chi connectivity index (χ2v) is 8.83. The summed E-state index contributed by atoms with van der Waals surface area (Å²) >= 11 is 0. The highest BCUT2D eigenvalue weighted by Gasteiger charge is 2.72. The van der Waals surface area contributed by atoms with E-state index in [0.717, 1.165) is 10.5 Å². The third kappa shape index (κ3) is 2.59. The van der Waals surface area contributed by atoms with E-state index in [-0.39, 0.29) is 29.3 Å². The molecule has 2 N–H and O–H groups in total. The largest absolute Gasteiger partial charge is 0.325 e. The monoisotopic (exact) mass is 351 g/mol. The van der Waals surface area contributed by atoms with E-state index >= 15 is 0 Å². The van der Waals surface area contributed by atoms with Crippen LogP contribution in [0.1, 0.15) is 25.8 Å². The predicted molar refractivity (Wildman–Crippen MR) is 87.7 cm³/mol. The highest BCUT2D eigenvalue weighted by atomic mass is 32.2. The number of benzene rings is 1. The molecule has 1 unspecified atom stereocenters. The summed E-state index contributed by atoms with van der Waals surface area (Å²) in [6, 6.07) is 6.01. The highest BCUT2D eigenvalue weighted by molar-refractivity contribution is 7.89. The number of aryl methyl sites for hydroxylation is 1. The van der Waals surface area contributed by atoms with Gasteiger partial charge in [-0.1, -0.05) is 31.5 Å². The van der Waals surface area contributed by atoms with Gasteiger partial charge in [-0.3, -0.25) is 9.69 Å². The Hall–Kier alpha value is -1.93. The van der Waals surface area contributed by atoms with Gasteiger partial charge in [0.15, 0.2) is 0 Å². The SMILES string of the molecule is Cc1ccc(S(=O)(=O)NCCN2C(=O)NC3(CC3(C)C)C2=O)cc1. The van der Waals surface area contributed by atoms with E-state index in [4.69, 9.17) is 0 Å². The summed E-state index contributed by atoms with van der Waals surface area (Å²) in [7, 11) is -3.66. The number of rotatable bonds is 5. The van der Waals surface area contributed by atoms with E-state index in [1.165, 1.54) is 12.1 Å². The number of amides is 3. The van der Waals surface area contributed by atoms with Crippen molar-refractivity contribution in [2.75, 3.05) is 13.1 Å². The average molecular weight is 351 g/mol. The molecule has 0 bridgehead atoms. The number of nitrogens with one attached hydrogen (secondary N) is 2. The van der Waals surface area contributed by atoms with Gasteiger partial charge in [0, 0.05) is 13.1 Å². The van der Waals surface area contributed by atoms with Crippen LogP contribution in [0, 0.1) is 12.3 Å². The minimum atomic E-state index is -3.66. The van der Waals surface area contributed by atoms with Crippen LogP contribution in [-0.4, -0.2) is 43.9 Å². The van der Waals surface area contributed by atoms with Crippen LogP contribution < -0.4 is 10.0 Å². The maximum Gasteiger partial charge on any atom is 0.325 e. The fraction of sp³-hybridized carbons (Fsp3) is 0.500. The van der Waals surface area contributed by atoms with Gasteiger partial charge in [-0.25, -0.2) is 17.9 Å². The zero-order valence-corrected chi connectivity index (χ0v) is 14.7. The Kier molecular flexibility index (Phi) is 3.72. The van der Waals surface area contributed by atoms with Crippen LogP contribution in [0.25, 0.3) is 0 Å². The number of carbonyl (C=O) groups excluding carboxylic acids is 2. The third-order valence-corrected chi connectivity index (χ3v) is 6.35. The van der Waals surface area contributed by atoms with Crippen molar-refractivity contribution >= 4 is 22.0 Å². The van der Waals surface area contributed by atoms with Crippen molar-refractivity contribution < 1.29 is 18.0 Å². The molecule has 2 aliphatic rings. The summed E-state index contributed by atoms with van der Waals surface area (Å²) in [5.41, 5.74) is -0.0962.